The summed E-state index contributed by atoms with van der Waals surface area (Å²) in [7, 11) is 0. The molecule has 0 aliphatic carbocycles. The predicted octanol–water partition coefficient (Wildman–Crippen LogP) is 3.81. The molecule has 0 aliphatic rings. The fourth-order valence-electron chi connectivity index (χ4n) is 1.53. The van der Waals surface area contributed by atoms with Crippen molar-refractivity contribution in [2.75, 3.05) is 6.54 Å². The van der Waals surface area contributed by atoms with E-state index >= 15 is 0 Å². The van der Waals surface area contributed by atoms with Gasteiger partial charge < -0.3 is 4.42 Å². The average molecular weight is 387 g/mol. The normalized spacial score (nSPS) is 10.2. The molecule has 19 heavy (non-hydrogen) atoms. The lowest BCUT2D eigenvalue weighted by Crippen LogP contribution is -2.15. The van der Waals surface area contributed by atoms with Gasteiger partial charge in [0.1, 0.15) is 5.56 Å². The van der Waals surface area contributed by atoms with E-state index in [0.29, 0.717) is 15.4 Å². The maximum Gasteiger partial charge on any atom is 0.347 e. The van der Waals surface area contributed by atoms with Crippen LogP contribution in [0.3, 0.4) is 0 Å². The molecule has 8 heteroatoms. The van der Waals surface area contributed by atoms with Gasteiger partial charge in [-0.05, 0) is 39.7 Å². The highest BCUT2D eigenvalue weighted by atomic mass is 79.9. The van der Waals surface area contributed by atoms with E-state index in [-0.39, 0.29) is 5.56 Å². The zero-order valence-electron chi connectivity index (χ0n) is 9.26. The van der Waals surface area contributed by atoms with Crippen LogP contribution in [0, 0.1) is 0 Å². The summed E-state index contributed by atoms with van der Waals surface area (Å²) in [6.45, 7) is -0.415. The van der Waals surface area contributed by atoms with Crippen LogP contribution in [0.15, 0.2) is 41.5 Å². The van der Waals surface area contributed by atoms with E-state index in [1.165, 1.54) is 6.07 Å². The Hall–Kier alpha value is -1.63. The van der Waals surface area contributed by atoms with Crippen LogP contribution in [0.25, 0.3) is 21.4 Å². The Morgan fingerprint density at radius 1 is 1.37 bits per heavy atom. The zero-order chi connectivity index (χ0) is 14.0. The summed E-state index contributed by atoms with van der Waals surface area (Å²) < 4.78 is 6.47. The minimum atomic E-state index is -0.756. The van der Waals surface area contributed by atoms with E-state index in [0.717, 1.165) is 4.47 Å². The third-order valence-electron chi connectivity index (χ3n) is 2.33. The van der Waals surface area contributed by atoms with Gasteiger partial charge in [0.15, 0.2) is 11.4 Å². The Balaban J connectivity index is 2.64. The van der Waals surface area contributed by atoms with Crippen LogP contribution in [0.5, 0.6) is 0 Å². The summed E-state index contributed by atoms with van der Waals surface area (Å²) in [6.07, 6.45) is 0. The van der Waals surface area contributed by atoms with Gasteiger partial charge in [0.25, 0.3) is 0 Å². The van der Waals surface area contributed by atoms with E-state index in [1.54, 1.807) is 12.1 Å². The molecule has 0 spiro atoms. The molecule has 1 heterocycles. The molecule has 0 amide bonds. The average Bonchev–Trinajstić information content (AvgIpc) is 2.36. The number of fused-ring (bicyclic) bond motifs is 1. The summed E-state index contributed by atoms with van der Waals surface area (Å²) in [5.41, 5.74) is 7.63. The highest BCUT2D eigenvalue weighted by Gasteiger charge is 2.14. The Bertz CT molecular complexity index is 779. The van der Waals surface area contributed by atoms with Crippen molar-refractivity contribution < 1.29 is 9.21 Å². The molecule has 0 unspecified atom stereocenters. The Morgan fingerprint density at radius 2 is 2.11 bits per heavy atom. The largest absolute Gasteiger partial charge is 0.421 e. The molecule has 0 radical (unpaired) electrons. The second-order valence-electron chi connectivity index (χ2n) is 3.57. The minimum absolute atomic E-state index is 0.134. The van der Waals surface area contributed by atoms with Crippen molar-refractivity contribution >= 4 is 48.6 Å². The number of rotatable bonds is 3. The summed E-state index contributed by atoms with van der Waals surface area (Å²) in [6, 6.07) is 4.87. The quantitative estimate of drug-likeness (QED) is 0.263. The number of azide groups is 1. The van der Waals surface area contributed by atoms with Crippen LogP contribution < -0.4 is 5.63 Å². The highest BCUT2D eigenvalue weighted by Crippen LogP contribution is 2.28. The molecule has 0 N–H and O–H groups in total. The number of ketones is 1. The second kappa shape index (κ2) is 5.56. The van der Waals surface area contributed by atoms with Crippen molar-refractivity contribution in [3.8, 4) is 0 Å². The number of benzene rings is 1. The van der Waals surface area contributed by atoms with Crippen molar-refractivity contribution in [3.63, 3.8) is 0 Å². The van der Waals surface area contributed by atoms with E-state index in [9.17, 15) is 9.59 Å². The number of Topliss-reactive ketones (excluding diaryl/α,β-unsaturated/α-hetero) is 1. The molecular formula is C11H5Br2N3O3. The lowest BCUT2D eigenvalue weighted by atomic mass is 10.1. The van der Waals surface area contributed by atoms with Gasteiger partial charge in [-0.2, -0.15) is 0 Å². The molecule has 2 aromatic rings. The van der Waals surface area contributed by atoms with Gasteiger partial charge in [-0.15, -0.1) is 0 Å². The molecule has 96 valence electrons. The third-order valence-corrected chi connectivity index (χ3v) is 3.38. The van der Waals surface area contributed by atoms with Gasteiger partial charge in [-0.1, -0.05) is 21.0 Å². The summed E-state index contributed by atoms with van der Waals surface area (Å²) in [5, 5.41) is 3.72. The van der Waals surface area contributed by atoms with E-state index in [1.807, 2.05) is 0 Å². The van der Waals surface area contributed by atoms with Gasteiger partial charge in [0.2, 0.25) is 0 Å². The maximum atomic E-state index is 11.7. The van der Waals surface area contributed by atoms with E-state index in [4.69, 9.17) is 9.95 Å². The maximum absolute atomic E-state index is 11.7. The van der Waals surface area contributed by atoms with Gasteiger partial charge >= 0.3 is 5.63 Å². The number of carbonyl (C=O) groups excluding carboxylic acids is 1. The summed E-state index contributed by atoms with van der Waals surface area (Å²) in [5.74, 6) is -0.579. The van der Waals surface area contributed by atoms with Crippen molar-refractivity contribution in [2.24, 2.45) is 5.11 Å². The first-order chi connectivity index (χ1) is 9.02. The molecule has 6 nitrogen and oxygen atoms in total. The number of carbonyl (C=O) groups is 1. The van der Waals surface area contributed by atoms with E-state index in [2.05, 4.69) is 41.9 Å². The fraction of sp³-hybridized carbons (Fsp3) is 0.0909. The Labute approximate surface area is 123 Å². The second-order valence-corrected chi connectivity index (χ2v) is 5.34. The topological polar surface area (TPSA) is 96.0 Å². The first kappa shape index (κ1) is 13.8. The number of halogens is 2. The molecule has 0 saturated carbocycles. The molecular weight excluding hydrogens is 382 g/mol. The number of hydrogen-bond acceptors (Lipinski definition) is 4. The molecule has 2 rings (SSSR count). The summed E-state index contributed by atoms with van der Waals surface area (Å²) in [4.78, 5) is 25.9. The molecule has 1 aromatic carbocycles. The first-order valence-corrected chi connectivity index (χ1v) is 6.58. The Kier molecular flexibility index (Phi) is 4.04. The zero-order valence-corrected chi connectivity index (χ0v) is 12.4. The van der Waals surface area contributed by atoms with Crippen molar-refractivity contribution in [1.29, 1.82) is 0 Å². The molecule has 1 aromatic heterocycles. The van der Waals surface area contributed by atoms with E-state index < -0.39 is 18.0 Å². The highest BCUT2D eigenvalue weighted by molar-refractivity contribution is 9.11. The van der Waals surface area contributed by atoms with Crippen LogP contribution in [0.4, 0.5) is 0 Å². The van der Waals surface area contributed by atoms with Crippen molar-refractivity contribution in [3.05, 3.63) is 53.6 Å². The number of hydrogen-bond donors (Lipinski definition) is 0. The van der Waals surface area contributed by atoms with Crippen LogP contribution >= 0.6 is 31.9 Å². The predicted molar refractivity (Wildman–Crippen MR) is 76.2 cm³/mol. The van der Waals surface area contributed by atoms with Crippen LogP contribution in [-0.4, -0.2) is 12.3 Å². The molecule has 0 aliphatic heterocycles. The lowest BCUT2D eigenvalue weighted by molar-refractivity contribution is 0.0998. The number of nitrogens with zero attached hydrogens (tertiary/aromatic N) is 3. The minimum Gasteiger partial charge on any atom is -0.421 e. The lowest BCUT2D eigenvalue weighted by Gasteiger charge is -2.03. The monoisotopic (exact) mass is 385 g/mol. The van der Waals surface area contributed by atoms with Crippen molar-refractivity contribution in [2.45, 2.75) is 0 Å². The van der Waals surface area contributed by atoms with Crippen LogP contribution in [-0.2, 0) is 0 Å². The van der Waals surface area contributed by atoms with Gasteiger partial charge in [0, 0.05) is 14.8 Å². The molecule has 0 bridgehead atoms. The van der Waals surface area contributed by atoms with Gasteiger partial charge in [-0.3, -0.25) is 4.79 Å². The third kappa shape index (κ3) is 2.86. The molecule has 0 atom stereocenters. The van der Waals surface area contributed by atoms with Crippen LogP contribution in [0.1, 0.15) is 10.4 Å². The van der Waals surface area contributed by atoms with Gasteiger partial charge in [-0.25, -0.2) is 4.79 Å². The molecule has 0 saturated heterocycles. The SMILES string of the molecule is [N-]=[N+]=NCC(=O)c1cc2cc(Br)cc(Br)c2oc1=O. The smallest absolute Gasteiger partial charge is 0.347 e. The standard InChI is InChI=1S/C11H5Br2N3O3/c12-6-1-5-2-7(9(17)4-15-16-14)11(18)19-10(5)8(13)3-6/h1-3H,4H2. The van der Waals surface area contributed by atoms with Crippen molar-refractivity contribution in [1.82, 2.24) is 0 Å². The molecule has 0 fully saturated rings. The fourth-order valence-corrected chi connectivity index (χ4v) is 2.87. The Morgan fingerprint density at radius 3 is 2.79 bits per heavy atom. The van der Waals surface area contributed by atoms with Gasteiger partial charge in [0.05, 0.1) is 11.0 Å². The first-order valence-electron chi connectivity index (χ1n) is 5.00. The van der Waals surface area contributed by atoms with Crippen LogP contribution in [0.2, 0.25) is 0 Å². The summed E-state index contributed by atoms with van der Waals surface area (Å²) >= 11 is 6.58.